The molecule has 0 fully saturated rings. The lowest BCUT2D eigenvalue weighted by atomic mass is 10.1. The molecule has 5 heteroatoms. The van der Waals surface area contributed by atoms with Crippen molar-refractivity contribution in [3.63, 3.8) is 0 Å². The maximum absolute atomic E-state index is 5.43. The van der Waals surface area contributed by atoms with Crippen LogP contribution in [0.2, 0.25) is 0 Å². The Morgan fingerprint density at radius 1 is 1.24 bits per heavy atom. The van der Waals surface area contributed by atoms with Crippen LogP contribution in [0.15, 0.2) is 28.7 Å². The molecule has 1 aromatic carbocycles. The van der Waals surface area contributed by atoms with Crippen molar-refractivity contribution in [2.75, 3.05) is 19.0 Å². The normalized spacial score (nSPS) is 10.8. The first-order chi connectivity index (χ1) is 10.0. The summed E-state index contributed by atoms with van der Waals surface area (Å²) < 4.78 is 6.41. The molecule has 1 aromatic heterocycles. The highest BCUT2D eigenvalue weighted by Gasteiger charge is 2.13. The first kappa shape index (κ1) is 15.8. The Kier molecular flexibility index (Phi) is 5.17. The minimum atomic E-state index is 0.335. The summed E-state index contributed by atoms with van der Waals surface area (Å²) >= 11 is 3.49. The highest BCUT2D eigenvalue weighted by Crippen LogP contribution is 2.32. The summed E-state index contributed by atoms with van der Waals surface area (Å²) in [5.41, 5.74) is 1.89. The van der Waals surface area contributed by atoms with Crippen molar-refractivity contribution in [1.29, 1.82) is 0 Å². The van der Waals surface area contributed by atoms with Crippen LogP contribution in [0.3, 0.4) is 0 Å². The molecule has 0 amide bonds. The average Bonchev–Trinajstić information content (AvgIpc) is 2.47. The number of ether oxygens (including phenoxy) is 1. The van der Waals surface area contributed by atoms with Crippen molar-refractivity contribution >= 4 is 21.7 Å². The van der Waals surface area contributed by atoms with Gasteiger partial charge in [0.25, 0.3) is 0 Å². The lowest BCUT2D eigenvalue weighted by molar-refractivity contribution is 0.416. The zero-order valence-electron chi connectivity index (χ0n) is 12.8. The van der Waals surface area contributed by atoms with Gasteiger partial charge in [0, 0.05) is 22.8 Å². The summed E-state index contributed by atoms with van der Waals surface area (Å²) in [7, 11) is 1.66. The van der Waals surface area contributed by atoms with E-state index in [4.69, 9.17) is 4.74 Å². The summed E-state index contributed by atoms with van der Waals surface area (Å²) in [6.07, 6.45) is 0. The topological polar surface area (TPSA) is 47.0 Å². The van der Waals surface area contributed by atoms with Gasteiger partial charge in [0.15, 0.2) is 5.82 Å². The predicted octanol–water partition coefficient (Wildman–Crippen LogP) is 4.47. The van der Waals surface area contributed by atoms with Gasteiger partial charge in [-0.2, -0.15) is 0 Å². The number of nitrogens with one attached hydrogen (secondary N) is 1. The van der Waals surface area contributed by atoms with Crippen LogP contribution in [0.1, 0.15) is 32.4 Å². The Bertz CT molecular complexity index is 629. The van der Waals surface area contributed by atoms with E-state index in [2.05, 4.69) is 52.0 Å². The van der Waals surface area contributed by atoms with E-state index in [1.165, 1.54) is 0 Å². The van der Waals surface area contributed by atoms with E-state index in [0.717, 1.165) is 33.8 Å². The third-order valence-electron chi connectivity index (χ3n) is 3.10. The van der Waals surface area contributed by atoms with Crippen LogP contribution in [0.25, 0.3) is 11.4 Å². The molecule has 1 heterocycles. The molecule has 2 rings (SSSR count). The number of methoxy groups -OCH3 is 1. The van der Waals surface area contributed by atoms with E-state index in [9.17, 15) is 0 Å². The van der Waals surface area contributed by atoms with E-state index in [-0.39, 0.29) is 0 Å². The van der Waals surface area contributed by atoms with Gasteiger partial charge in [0.1, 0.15) is 11.6 Å². The maximum atomic E-state index is 5.43. The van der Waals surface area contributed by atoms with Crippen molar-refractivity contribution in [2.45, 2.75) is 26.7 Å². The van der Waals surface area contributed by atoms with Gasteiger partial charge in [-0.15, -0.1) is 0 Å². The third-order valence-corrected chi connectivity index (χ3v) is 3.59. The lowest BCUT2D eigenvalue weighted by Crippen LogP contribution is -2.05. The average molecular weight is 350 g/mol. The zero-order chi connectivity index (χ0) is 15.4. The largest absolute Gasteiger partial charge is 0.496 e. The van der Waals surface area contributed by atoms with Crippen molar-refractivity contribution < 1.29 is 4.74 Å². The number of halogens is 1. The van der Waals surface area contributed by atoms with Gasteiger partial charge < -0.3 is 10.1 Å². The van der Waals surface area contributed by atoms with Crippen LogP contribution < -0.4 is 10.1 Å². The molecule has 0 aliphatic heterocycles. The van der Waals surface area contributed by atoms with Gasteiger partial charge >= 0.3 is 0 Å². The predicted molar refractivity (Wildman–Crippen MR) is 90.0 cm³/mol. The molecular weight excluding hydrogens is 330 g/mol. The molecule has 0 radical (unpaired) electrons. The van der Waals surface area contributed by atoms with E-state index < -0.39 is 0 Å². The van der Waals surface area contributed by atoms with Gasteiger partial charge in [-0.3, -0.25) is 0 Å². The molecule has 112 valence electrons. The summed E-state index contributed by atoms with van der Waals surface area (Å²) in [4.78, 5) is 9.29. The van der Waals surface area contributed by atoms with Crippen molar-refractivity contribution in [3.05, 3.63) is 34.4 Å². The van der Waals surface area contributed by atoms with Gasteiger partial charge in [-0.25, -0.2) is 9.97 Å². The molecule has 0 bridgehead atoms. The van der Waals surface area contributed by atoms with Gasteiger partial charge in [-0.05, 0) is 31.0 Å². The minimum Gasteiger partial charge on any atom is -0.496 e. The Hall–Kier alpha value is -1.62. The molecule has 0 saturated carbocycles. The maximum Gasteiger partial charge on any atom is 0.165 e. The van der Waals surface area contributed by atoms with E-state index in [1.54, 1.807) is 7.11 Å². The number of benzene rings is 1. The first-order valence-corrected chi connectivity index (χ1v) is 7.81. The molecule has 0 saturated heterocycles. The molecule has 0 unspecified atom stereocenters. The van der Waals surface area contributed by atoms with Crippen molar-refractivity contribution in [2.24, 2.45) is 0 Å². The highest BCUT2D eigenvalue weighted by molar-refractivity contribution is 9.10. The fourth-order valence-corrected chi connectivity index (χ4v) is 2.37. The second-order valence-corrected chi connectivity index (χ2v) is 5.95. The molecule has 1 N–H and O–H groups in total. The van der Waals surface area contributed by atoms with Crippen LogP contribution in [0.4, 0.5) is 5.82 Å². The second-order valence-electron chi connectivity index (χ2n) is 5.03. The number of hydrogen-bond acceptors (Lipinski definition) is 4. The number of nitrogens with zero attached hydrogens (tertiary/aromatic N) is 2. The summed E-state index contributed by atoms with van der Waals surface area (Å²) in [5, 5.41) is 3.26. The van der Waals surface area contributed by atoms with Gasteiger partial charge in [0.05, 0.1) is 12.7 Å². The van der Waals surface area contributed by atoms with E-state index in [1.807, 2.05) is 24.3 Å². The Labute approximate surface area is 134 Å². The smallest absolute Gasteiger partial charge is 0.165 e. The Morgan fingerprint density at radius 3 is 2.62 bits per heavy atom. The summed E-state index contributed by atoms with van der Waals surface area (Å²) in [6, 6.07) is 7.84. The number of rotatable bonds is 5. The summed E-state index contributed by atoms with van der Waals surface area (Å²) in [6.45, 7) is 7.13. The lowest BCUT2D eigenvalue weighted by Gasteiger charge is -2.13. The molecule has 0 aliphatic rings. The quantitative estimate of drug-likeness (QED) is 0.864. The molecule has 2 aromatic rings. The van der Waals surface area contributed by atoms with Gasteiger partial charge in [-0.1, -0.05) is 29.8 Å². The van der Waals surface area contributed by atoms with Crippen LogP contribution in [0.5, 0.6) is 5.75 Å². The standard InChI is InChI=1S/C16H20BrN3O/c1-5-18-15-9-13(10(2)3)19-16(20-15)12-8-11(17)6-7-14(12)21-4/h6-10H,5H2,1-4H3,(H,18,19,20). The number of aromatic nitrogens is 2. The van der Waals surface area contributed by atoms with Crippen molar-refractivity contribution in [3.8, 4) is 17.1 Å². The van der Waals surface area contributed by atoms with Crippen LogP contribution in [-0.2, 0) is 0 Å². The molecule has 4 nitrogen and oxygen atoms in total. The number of hydrogen-bond donors (Lipinski definition) is 1. The van der Waals surface area contributed by atoms with Gasteiger partial charge in [0.2, 0.25) is 0 Å². The zero-order valence-corrected chi connectivity index (χ0v) is 14.4. The first-order valence-electron chi connectivity index (χ1n) is 7.02. The Balaban J connectivity index is 2.59. The summed E-state index contributed by atoms with van der Waals surface area (Å²) in [5.74, 6) is 2.62. The monoisotopic (exact) mass is 349 g/mol. The minimum absolute atomic E-state index is 0.335. The number of anilines is 1. The van der Waals surface area contributed by atoms with Crippen molar-refractivity contribution in [1.82, 2.24) is 9.97 Å². The van der Waals surface area contributed by atoms with Crippen LogP contribution in [-0.4, -0.2) is 23.6 Å². The Morgan fingerprint density at radius 2 is 2.00 bits per heavy atom. The van der Waals surface area contributed by atoms with Crippen LogP contribution >= 0.6 is 15.9 Å². The molecule has 0 atom stereocenters. The van der Waals surface area contributed by atoms with E-state index in [0.29, 0.717) is 11.7 Å². The second kappa shape index (κ2) is 6.89. The SMILES string of the molecule is CCNc1cc(C(C)C)nc(-c2cc(Br)ccc2OC)n1. The molecule has 0 spiro atoms. The molecular formula is C16H20BrN3O. The van der Waals surface area contributed by atoms with E-state index >= 15 is 0 Å². The molecule has 0 aliphatic carbocycles. The highest BCUT2D eigenvalue weighted by atomic mass is 79.9. The molecule has 21 heavy (non-hydrogen) atoms. The fourth-order valence-electron chi connectivity index (χ4n) is 2.01. The fraction of sp³-hybridized carbons (Fsp3) is 0.375. The van der Waals surface area contributed by atoms with Crippen LogP contribution in [0, 0.1) is 0 Å². The third kappa shape index (κ3) is 3.73.